The number of fused-ring (bicyclic) bond motifs is 1. The summed E-state index contributed by atoms with van der Waals surface area (Å²) in [5.74, 6) is 1.47. The smallest absolute Gasteiger partial charge is 0.265 e. The first-order valence-corrected chi connectivity index (χ1v) is 13.0. The van der Waals surface area contributed by atoms with Gasteiger partial charge >= 0.3 is 0 Å². The minimum absolute atomic E-state index is 0.0902. The zero-order valence-electron chi connectivity index (χ0n) is 20.6. The number of anilines is 1. The van der Waals surface area contributed by atoms with Gasteiger partial charge in [-0.3, -0.25) is 14.4 Å². The maximum absolute atomic E-state index is 13.9. The van der Waals surface area contributed by atoms with Crippen molar-refractivity contribution in [3.8, 4) is 5.75 Å². The topological polar surface area (TPSA) is 75.7 Å². The number of nitrogens with one attached hydrogen (secondary N) is 1. The molecule has 1 N–H and O–H groups in total. The molecule has 4 bridgehead atoms. The minimum atomic E-state index is -0.532. The molecule has 1 aromatic carbocycles. The summed E-state index contributed by atoms with van der Waals surface area (Å²) in [6.45, 7) is 7.86. The molecule has 0 aromatic heterocycles. The summed E-state index contributed by atoms with van der Waals surface area (Å²) < 4.78 is 5.61. The predicted molar refractivity (Wildman–Crippen MR) is 129 cm³/mol. The van der Waals surface area contributed by atoms with Gasteiger partial charge in [0.25, 0.3) is 5.91 Å². The monoisotopic (exact) mass is 464 g/mol. The first-order chi connectivity index (χ1) is 16.1. The number of amides is 2. The van der Waals surface area contributed by atoms with Crippen LogP contribution in [0, 0.1) is 28.1 Å². The van der Waals surface area contributed by atoms with Gasteiger partial charge in [-0.2, -0.15) is 0 Å². The Morgan fingerprint density at radius 2 is 1.71 bits per heavy atom. The van der Waals surface area contributed by atoms with E-state index in [9.17, 15) is 14.4 Å². The number of piperidine rings is 1. The number of carbonyl (C=O) groups excluding carboxylic acids is 3. The molecule has 6 nitrogen and oxygen atoms in total. The summed E-state index contributed by atoms with van der Waals surface area (Å²) in [6, 6.07) is 5.29. The van der Waals surface area contributed by atoms with Crippen LogP contribution in [0.5, 0.6) is 5.75 Å². The number of ether oxygens (including phenoxy) is 1. The van der Waals surface area contributed by atoms with Gasteiger partial charge in [0.15, 0.2) is 11.9 Å². The lowest BCUT2D eigenvalue weighted by atomic mass is 9.40. The van der Waals surface area contributed by atoms with E-state index in [0.717, 1.165) is 19.3 Å². The van der Waals surface area contributed by atoms with E-state index in [1.807, 2.05) is 0 Å². The van der Waals surface area contributed by atoms with Crippen LogP contribution >= 0.6 is 0 Å². The number of hydrogen-bond donors (Lipinski definition) is 1. The average molecular weight is 465 g/mol. The van der Waals surface area contributed by atoms with Crippen LogP contribution in [0.15, 0.2) is 18.2 Å². The van der Waals surface area contributed by atoms with Crippen LogP contribution in [0.3, 0.4) is 0 Å². The lowest BCUT2D eigenvalue weighted by Gasteiger charge is -2.65. The molecule has 34 heavy (non-hydrogen) atoms. The molecule has 2 heterocycles. The summed E-state index contributed by atoms with van der Waals surface area (Å²) in [4.78, 5) is 41.2. The Morgan fingerprint density at radius 3 is 2.35 bits per heavy atom. The highest BCUT2D eigenvalue weighted by Crippen LogP contribution is 2.70. The van der Waals surface area contributed by atoms with Crippen molar-refractivity contribution >= 4 is 23.3 Å². The van der Waals surface area contributed by atoms with Crippen molar-refractivity contribution in [3.63, 3.8) is 0 Å². The highest BCUT2D eigenvalue weighted by atomic mass is 16.5. The Bertz CT molecular complexity index is 1050. The molecular formula is C28H36N2O4. The van der Waals surface area contributed by atoms with Crippen LogP contribution in [-0.4, -0.2) is 41.7 Å². The van der Waals surface area contributed by atoms with E-state index in [0.29, 0.717) is 65.6 Å². The maximum Gasteiger partial charge on any atom is 0.265 e. The number of likely N-dealkylation sites (tertiary alicyclic amines) is 1. The number of Topliss-reactive ketones (excluding diaryl/α,β-unsaturated/α-hetero) is 1. The molecule has 2 aliphatic heterocycles. The summed E-state index contributed by atoms with van der Waals surface area (Å²) in [7, 11) is 0. The third kappa shape index (κ3) is 3.47. The van der Waals surface area contributed by atoms with E-state index in [1.165, 1.54) is 19.3 Å². The molecule has 6 aliphatic rings. The number of benzene rings is 1. The highest BCUT2D eigenvalue weighted by Gasteiger charge is 2.63. The molecule has 1 aromatic rings. The average Bonchev–Trinajstić information content (AvgIpc) is 2.76. The second-order valence-electron chi connectivity index (χ2n) is 12.8. The largest absolute Gasteiger partial charge is 0.479 e. The van der Waals surface area contributed by atoms with Crippen molar-refractivity contribution in [2.45, 2.75) is 78.2 Å². The number of carbonyl (C=O) groups is 3. The molecule has 7 rings (SSSR count). The van der Waals surface area contributed by atoms with Gasteiger partial charge in [-0.25, -0.2) is 0 Å². The lowest BCUT2D eigenvalue weighted by molar-refractivity contribution is -0.180. The van der Waals surface area contributed by atoms with Crippen molar-refractivity contribution in [2.75, 3.05) is 18.4 Å². The fourth-order valence-electron chi connectivity index (χ4n) is 8.96. The molecule has 5 fully saturated rings. The first kappa shape index (κ1) is 22.1. The van der Waals surface area contributed by atoms with Crippen LogP contribution in [0.25, 0.3) is 0 Å². The molecule has 2 amide bonds. The zero-order valence-corrected chi connectivity index (χ0v) is 20.6. The number of rotatable bonds is 3. The van der Waals surface area contributed by atoms with E-state index >= 15 is 0 Å². The SMILES string of the molecule is CC1Oc2ccc(C(=O)C3CCN(C(=O)C45CC6CC(C)(CC(C)(C6)C4)C5)CC3)cc2NC1=O. The Morgan fingerprint density at radius 1 is 1.03 bits per heavy atom. The second kappa shape index (κ2) is 7.32. The van der Waals surface area contributed by atoms with Gasteiger partial charge in [0.2, 0.25) is 5.91 Å². The fourth-order valence-corrected chi connectivity index (χ4v) is 8.96. The number of nitrogens with zero attached hydrogens (tertiary/aromatic N) is 1. The van der Waals surface area contributed by atoms with E-state index in [4.69, 9.17) is 4.74 Å². The van der Waals surface area contributed by atoms with Crippen LogP contribution in [0.2, 0.25) is 0 Å². The third-order valence-electron chi connectivity index (χ3n) is 9.43. The van der Waals surface area contributed by atoms with Crippen LogP contribution < -0.4 is 10.1 Å². The lowest BCUT2D eigenvalue weighted by Crippen LogP contribution is -2.61. The van der Waals surface area contributed by atoms with Gasteiger partial charge in [0, 0.05) is 24.6 Å². The Balaban J connectivity index is 1.13. The number of ketones is 1. The summed E-state index contributed by atoms with van der Waals surface area (Å²) in [5, 5.41) is 2.83. The molecule has 3 unspecified atom stereocenters. The van der Waals surface area contributed by atoms with E-state index in [-0.39, 0.29) is 23.0 Å². The molecule has 182 valence electrons. The Kier molecular flexibility index (Phi) is 4.76. The Hall–Kier alpha value is -2.37. The van der Waals surface area contributed by atoms with Crippen molar-refractivity contribution in [1.29, 1.82) is 0 Å². The molecule has 4 saturated carbocycles. The molecule has 6 heteroatoms. The quantitative estimate of drug-likeness (QED) is 0.651. The fraction of sp³-hybridized carbons (Fsp3) is 0.679. The molecule has 1 saturated heterocycles. The van der Waals surface area contributed by atoms with E-state index < -0.39 is 6.10 Å². The Labute approximate surface area is 201 Å². The second-order valence-corrected chi connectivity index (χ2v) is 12.8. The maximum atomic E-state index is 13.9. The third-order valence-corrected chi connectivity index (χ3v) is 9.43. The van der Waals surface area contributed by atoms with Gasteiger partial charge in [0.05, 0.1) is 11.1 Å². The molecule has 0 radical (unpaired) electrons. The standard InChI is InChI=1S/C28H36N2O4/c1-17-24(32)29-21-10-20(4-5-22(21)34-17)23(31)19-6-8-30(9-7-19)25(33)28-13-18-11-26(2,15-28)14-27(3,12-18)16-28/h4-5,10,17-19H,6-9,11-16H2,1-3H3,(H,29,32). The van der Waals surface area contributed by atoms with Crippen molar-refractivity contribution in [2.24, 2.45) is 28.1 Å². The number of hydrogen-bond acceptors (Lipinski definition) is 4. The summed E-state index contributed by atoms with van der Waals surface area (Å²) >= 11 is 0. The van der Waals surface area contributed by atoms with Crippen LogP contribution in [0.1, 0.15) is 82.5 Å². The first-order valence-electron chi connectivity index (χ1n) is 13.0. The van der Waals surface area contributed by atoms with Gasteiger partial charge in [0.1, 0.15) is 5.75 Å². The highest BCUT2D eigenvalue weighted by molar-refractivity contribution is 6.02. The van der Waals surface area contributed by atoms with Gasteiger partial charge in [-0.15, -0.1) is 0 Å². The molecular weight excluding hydrogens is 428 g/mol. The van der Waals surface area contributed by atoms with Crippen molar-refractivity contribution in [1.82, 2.24) is 4.90 Å². The predicted octanol–water partition coefficient (Wildman–Crippen LogP) is 4.82. The molecule has 0 spiro atoms. The van der Waals surface area contributed by atoms with Crippen LogP contribution in [-0.2, 0) is 9.59 Å². The summed E-state index contributed by atoms with van der Waals surface area (Å²) in [5.41, 5.74) is 1.63. The van der Waals surface area contributed by atoms with E-state index in [2.05, 4.69) is 24.1 Å². The van der Waals surface area contributed by atoms with Gasteiger partial charge in [-0.1, -0.05) is 13.8 Å². The minimum Gasteiger partial charge on any atom is -0.479 e. The molecule has 3 atom stereocenters. The van der Waals surface area contributed by atoms with Crippen LogP contribution in [0.4, 0.5) is 5.69 Å². The zero-order chi connectivity index (χ0) is 23.9. The van der Waals surface area contributed by atoms with Gasteiger partial charge in [-0.05, 0) is 93.2 Å². The van der Waals surface area contributed by atoms with Crippen molar-refractivity contribution in [3.05, 3.63) is 23.8 Å². The molecule has 4 aliphatic carbocycles. The normalized spacial score (nSPS) is 38.8. The van der Waals surface area contributed by atoms with Gasteiger partial charge < -0.3 is 15.0 Å². The van der Waals surface area contributed by atoms with Crippen molar-refractivity contribution < 1.29 is 19.1 Å². The summed E-state index contributed by atoms with van der Waals surface area (Å²) in [6.07, 6.45) is 7.89. The van der Waals surface area contributed by atoms with E-state index in [1.54, 1.807) is 25.1 Å².